The summed E-state index contributed by atoms with van der Waals surface area (Å²) in [5, 5.41) is 39.4. The maximum atomic E-state index is 9.89. The van der Waals surface area contributed by atoms with E-state index in [1.165, 1.54) is 4.68 Å². The molecular formula is C11H14N4O4. The zero-order valence-electron chi connectivity index (χ0n) is 9.92. The first-order chi connectivity index (χ1) is 9.20. The molecule has 0 saturated carbocycles. The maximum absolute atomic E-state index is 9.89. The molecule has 1 fully saturated rings. The Morgan fingerprint density at radius 1 is 1.37 bits per heavy atom. The third kappa shape index (κ3) is 2.04. The fourth-order valence-corrected chi connectivity index (χ4v) is 2.12. The Kier molecular flexibility index (Phi) is 3.07. The van der Waals surface area contributed by atoms with Crippen LogP contribution in [0.4, 0.5) is 0 Å². The van der Waals surface area contributed by atoms with Gasteiger partial charge >= 0.3 is 0 Å². The van der Waals surface area contributed by atoms with Crippen molar-refractivity contribution in [1.82, 2.24) is 20.0 Å². The molecule has 2 aromatic heterocycles. The monoisotopic (exact) mass is 266 g/mol. The Morgan fingerprint density at radius 3 is 2.84 bits per heavy atom. The van der Waals surface area contributed by atoms with Gasteiger partial charge in [0.15, 0.2) is 6.23 Å². The second kappa shape index (κ2) is 4.74. The molecule has 2 aromatic rings. The molecule has 0 spiro atoms. The standard InChI is InChI=1S/C11H14N4O4/c16-5-8-9(17)10(18)11(19-8)15-2-1-7(14-15)6-3-12-13-4-6/h1-4,8-11,16-18H,5H2,(H,12,13)/t8-,9?,10+,11-/m1/s1. The zero-order valence-corrected chi connectivity index (χ0v) is 9.92. The van der Waals surface area contributed by atoms with E-state index < -0.39 is 24.5 Å². The van der Waals surface area contributed by atoms with Crippen molar-refractivity contribution >= 4 is 0 Å². The predicted molar refractivity (Wildman–Crippen MR) is 62.8 cm³/mol. The van der Waals surface area contributed by atoms with E-state index in [0.29, 0.717) is 5.69 Å². The van der Waals surface area contributed by atoms with Crippen molar-refractivity contribution in [2.24, 2.45) is 0 Å². The Bertz CT molecular complexity index is 541. The van der Waals surface area contributed by atoms with Gasteiger partial charge in [-0.1, -0.05) is 0 Å². The van der Waals surface area contributed by atoms with E-state index in [1.807, 2.05) is 0 Å². The largest absolute Gasteiger partial charge is 0.394 e. The van der Waals surface area contributed by atoms with Gasteiger partial charge in [0.05, 0.1) is 18.5 Å². The summed E-state index contributed by atoms with van der Waals surface area (Å²) < 4.78 is 6.80. The minimum absolute atomic E-state index is 0.357. The number of nitrogens with zero attached hydrogens (tertiary/aromatic N) is 3. The molecule has 3 heterocycles. The van der Waals surface area contributed by atoms with Gasteiger partial charge in [-0.05, 0) is 6.07 Å². The summed E-state index contributed by atoms with van der Waals surface area (Å²) in [6.45, 7) is -0.357. The van der Waals surface area contributed by atoms with Crippen LogP contribution in [-0.4, -0.2) is 60.2 Å². The minimum Gasteiger partial charge on any atom is -0.394 e. The van der Waals surface area contributed by atoms with Crippen molar-refractivity contribution in [2.75, 3.05) is 6.61 Å². The first-order valence-corrected chi connectivity index (χ1v) is 5.87. The van der Waals surface area contributed by atoms with E-state index in [0.717, 1.165) is 5.56 Å². The van der Waals surface area contributed by atoms with E-state index in [9.17, 15) is 10.2 Å². The van der Waals surface area contributed by atoms with Crippen molar-refractivity contribution in [3.8, 4) is 11.3 Å². The number of hydrogen-bond donors (Lipinski definition) is 4. The van der Waals surface area contributed by atoms with Gasteiger partial charge in [0.2, 0.25) is 0 Å². The highest BCUT2D eigenvalue weighted by Crippen LogP contribution is 2.29. The summed E-state index contributed by atoms with van der Waals surface area (Å²) >= 11 is 0. The summed E-state index contributed by atoms with van der Waals surface area (Å²) in [6.07, 6.45) is 1.09. The fourth-order valence-electron chi connectivity index (χ4n) is 2.12. The summed E-state index contributed by atoms with van der Waals surface area (Å²) in [4.78, 5) is 0. The first kappa shape index (κ1) is 12.3. The Morgan fingerprint density at radius 2 is 2.21 bits per heavy atom. The van der Waals surface area contributed by atoms with Crippen LogP contribution < -0.4 is 0 Å². The van der Waals surface area contributed by atoms with Crippen LogP contribution in [0.2, 0.25) is 0 Å². The summed E-state index contributed by atoms with van der Waals surface area (Å²) in [5.41, 5.74) is 1.48. The molecule has 1 unspecified atom stereocenters. The Balaban J connectivity index is 1.84. The number of rotatable bonds is 3. The molecule has 4 N–H and O–H groups in total. The average molecular weight is 266 g/mol. The van der Waals surface area contributed by atoms with Crippen LogP contribution in [0.1, 0.15) is 6.23 Å². The highest BCUT2D eigenvalue weighted by molar-refractivity contribution is 5.55. The van der Waals surface area contributed by atoms with Crippen LogP contribution in [0, 0.1) is 0 Å². The molecule has 0 bridgehead atoms. The van der Waals surface area contributed by atoms with Gasteiger partial charge in [0, 0.05) is 18.0 Å². The molecule has 102 valence electrons. The van der Waals surface area contributed by atoms with Crippen LogP contribution in [-0.2, 0) is 4.74 Å². The van der Waals surface area contributed by atoms with E-state index in [4.69, 9.17) is 9.84 Å². The van der Waals surface area contributed by atoms with E-state index in [2.05, 4.69) is 15.3 Å². The Labute approximate surface area is 108 Å². The number of aliphatic hydroxyl groups is 3. The predicted octanol–water partition coefficient (Wildman–Crippen LogP) is -1.12. The van der Waals surface area contributed by atoms with Crippen LogP contribution in [0.5, 0.6) is 0 Å². The highest BCUT2D eigenvalue weighted by atomic mass is 16.6. The third-order valence-electron chi connectivity index (χ3n) is 3.18. The molecule has 1 aliphatic heterocycles. The summed E-state index contributed by atoms with van der Waals surface area (Å²) in [5.74, 6) is 0. The molecule has 3 rings (SSSR count). The molecule has 0 aromatic carbocycles. The quantitative estimate of drug-likeness (QED) is 0.559. The van der Waals surface area contributed by atoms with Gasteiger partial charge in [-0.2, -0.15) is 10.2 Å². The van der Waals surface area contributed by atoms with Gasteiger partial charge in [-0.15, -0.1) is 0 Å². The first-order valence-electron chi connectivity index (χ1n) is 5.87. The number of aromatic nitrogens is 4. The van der Waals surface area contributed by atoms with Crippen molar-refractivity contribution < 1.29 is 20.1 Å². The van der Waals surface area contributed by atoms with Crippen molar-refractivity contribution in [1.29, 1.82) is 0 Å². The Hall–Kier alpha value is -1.74. The lowest BCUT2D eigenvalue weighted by molar-refractivity contribution is -0.0585. The van der Waals surface area contributed by atoms with E-state index in [-0.39, 0.29) is 6.61 Å². The number of aliphatic hydroxyl groups excluding tert-OH is 3. The lowest BCUT2D eigenvalue weighted by Gasteiger charge is -2.14. The molecule has 0 aliphatic carbocycles. The van der Waals surface area contributed by atoms with Crippen LogP contribution in [0.3, 0.4) is 0 Å². The average Bonchev–Trinajstić information content (AvgIpc) is 3.12. The zero-order chi connectivity index (χ0) is 13.4. The fraction of sp³-hybridized carbons (Fsp3) is 0.455. The SMILES string of the molecule is OC[C@H]1O[C@@H](n2ccc(-c3cn[nH]c3)n2)[C@@H](O)C1O. The molecule has 19 heavy (non-hydrogen) atoms. The second-order valence-corrected chi connectivity index (χ2v) is 4.40. The molecule has 8 nitrogen and oxygen atoms in total. The van der Waals surface area contributed by atoms with Crippen molar-refractivity contribution in [3.05, 3.63) is 24.7 Å². The van der Waals surface area contributed by atoms with Gasteiger partial charge in [-0.3, -0.25) is 5.10 Å². The number of ether oxygens (including phenoxy) is 1. The van der Waals surface area contributed by atoms with Gasteiger partial charge in [-0.25, -0.2) is 4.68 Å². The third-order valence-corrected chi connectivity index (χ3v) is 3.18. The minimum atomic E-state index is -1.13. The lowest BCUT2D eigenvalue weighted by Crippen LogP contribution is -2.33. The van der Waals surface area contributed by atoms with Gasteiger partial charge in [0.1, 0.15) is 18.3 Å². The number of H-pyrrole nitrogens is 1. The summed E-state index contributed by atoms with van der Waals surface area (Å²) in [6, 6.07) is 1.75. The number of nitrogens with one attached hydrogen (secondary N) is 1. The van der Waals surface area contributed by atoms with Crippen molar-refractivity contribution in [3.63, 3.8) is 0 Å². The summed E-state index contributed by atoms with van der Waals surface area (Å²) in [7, 11) is 0. The topological polar surface area (TPSA) is 116 Å². The second-order valence-electron chi connectivity index (χ2n) is 4.40. The number of hydrogen-bond acceptors (Lipinski definition) is 6. The maximum Gasteiger partial charge on any atom is 0.179 e. The lowest BCUT2D eigenvalue weighted by atomic mass is 10.1. The van der Waals surface area contributed by atoms with Gasteiger partial charge in [0.25, 0.3) is 0 Å². The van der Waals surface area contributed by atoms with Crippen LogP contribution >= 0.6 is 0 Å². The highest BCUT2D eigenvalue weighted by Gasteiger charge is 2.43. The smallest absolute Gasteiger partial charge is 0.179 e. The normalized spacial score (nSPS) is 30.9. The molecule has 8 heteroatoms. The molecule has 0 amide bonds. The van der Waals surface area contributed by atoms with E-state index in [1.54, 1.807) is 24.7 Å². The number of aromatic amines is 1. The van der Waals surface area contributed by atoms with Crippen LogP contribution in [0.15, 0.2) is 24.7 Å². The molecule has 1 saturated heterocycles. The van der Waals surface area contributed by atoms with E-state index >= 15 is 0 Å². The van der Waals surface area contributed by atoms with Crippen molar-refractivity contribution in [2.45, 2.75) is 24.5 Å². The molecule has 4 atom stereocenters. The molecule has 1 aliphatic rings. The molecular weight excluding hydrogens is 252 g/mol. The molecule has 0 radical (unpaired) electrons. The van der Waals surface area contributed by atoms with Gasteiger partial charge < -0.3 is 20.1 Å². The van der Waals surface area contributed by atoms with Crippen LogP contribution in [0.25, 0.3) is 11.3 Å².